The number of carbonyl (C=O) groups is 1. The Morgan fingerprint density at radius 1 is 1.28 bits per heavy atom. The molecule has 2 aromatic rings. The van der Waals surface area contributed by atoms with E-state index in [0.717, 1.165) is 6.42 Å². The van der Waals surface area contributed by atoms with Crippen molar-refractivity contribution in [3.63, 3.8) is 0 Å². The van der Waals surface area contributed by atoms with Gasteiger partial charge in [-0.15, -0.1) is 0 Å². The van der Waals surface area contributed by atoms with Crippen LogP contribution in [0.1, 0.15) is 35.7 Å². The Kier molecular flexibility index (Phi) is 3.92. The van der Waals surface area contributed by atoms with Gasteiger partial charge < -0.3 is 4.57 Å². The van der Waals surface area contributed by atoms with Crippen molar-refractivity contribution >= 4 is 5.78 Å². The summed E-state index contributed by atoms with van der Waals surface area (Å²) in [5.41, 5.74) is 1.33. The summed E-state index contributed by atoms with van der Waals surface area (Å²) in [7, 11) is 0. The lowest BCUT2D eigenvalue weighted by atomic mass is 10.1. The van der Waals surface area contributed by atoms with Crippen LogP contribution in [-0.2, 0) is 6.54 Å². The number of hydrogen-bond acceptors (Lipinski definition) is 1. The van der Waals surface area contributed by atoms with Crippen molar-refractivity contribution < 1.29 is 9.18 Å². The van der Waals surface area contributed by atoms with Gasteiger partial charge in [0.1, 0.15) is 5.82 Å². The molecule has 0 spiro atoms. The molecule has 0 saturated carbocycles. The first-order valence-electron chi connectivity index (χ1n) is 6.13. The number of halogens is 1. The fraction of sp³-hybridized carbons (Fsp3) is 0.267. The lowest BCUT2D eigenvalue weighted by Gasteiger charge is -2.04. The highest BCUT2D eigenvalue weighted by Crippen LogP contribution is 2.11. The Bertz CT molecular complexity index is 545. The number of ketones is 1. The highest BCUT2D eigenvalue weighted by molar-refractivity contribution is 5.95. The number of aromatic nitrogens is 1. The summed E-state index contributed by atoms with van der Waals surface area (Å²) < 4.78 is 15.3. The fourth-order valence-corrected chi connectivity index (χ4v) is 1.90. The average Bonchev–Trinajstić information content (AvgIpc) is 2.81. The van der Waals surface area contributed by atoms with Crippen LogP contribution in [0.3, 0.4) is 0 Å². The zero-order valence-electron chi connectivity index (χ0n) is 10.4. The largest absolute Gasteiger partial charge is 0.349 e. The van der Waals surface area contributed by atoms with Crippen LogP contribution in [0.4, 0.5) is 4.39 Å². The molecule has 0 saturated heterocycles. The molecule has 0 atom stereocenters. The molecule has 1 heterocycles. The molecular weight excluding hydrogens is 229 g/mol. The first kappa shape index (κ1) is 12.6. The van der Waals surface area contributed by atoms with Gasteiger partial charge in [-0.05, 0) is 18.6 Å². The Hall–Kier alpha value is -1.90. The summed E-state index contributed by atoms with van der Waals surface area (Å²) in [4.78, 5) is 11.7. The summed E-state index contributed by atoms with van der Waals surface area (Å²) >= 11 is 0. The Morgan fingerprint density at radius 2 is 2.06 bits per heavy atom. The first-order valence-corrected chi connectivity index (χ1v) is 6.13. The van der Waals surface area contributed by atoms with Crippen LogP contribution in [0, 0.1) is 5.82 Å². The van der Waals surface area contributed by atoms with Gasteiger partial charge in [-0.2, -0.15) is 0 Å². The van der Waals surface area contributed by atoms with E-state index in [9.17, 15) is 9.18 Å². The minimum absolute atomic E-state index is 0.143. The normalized spacial score (nSPS) is 10.6. The van der Waals surface area contributed by atoms with Crippen molar-refractivity contribution in [2.45, 2.75) is 26.3 Å². The molecule has 0 aliphatic heterocycles. The first-order chi connectivity index (χ1) is 8.70. The van der Waals surface area contributed by atoms with Gasteiger partial charge in [0.15, 0.2) is 5.78 Å². The van der Waals surface area contributed by atoms with Gasteiger partial charge in [-0.25, -0.2) is 4.39 Å². The zero-order chi connectivity index (χ0) is 13.0. The number of hydrogen-bond donors (Lipinski definition) is 0. The maximum Gasteiger partial charge on any atom is 0.164 e. The number of carbonyl (C=O) groups excluding carboxylic acids is 1. The van der Waals surface area contributed by atoms with Crippen molar-refractivity contribution in [2.75, 3.05) is 0 Å². The highest BCUT2D eigenvalue weighted by Gasteiger charge is 2.07. The molecule has 1 aromatic heterocycles. The van der Waals surface area contributed by atoms with Crippen molar-refractivity contribution in [1.29, 1.82) is 0 Å². The van der Waals surface area contributed by atoms with E-state index in [0.29, 0.717) is 24.1 Å². The zero-order valence-corrected chi connectivity index (χ0v) is 10.4. The molecule has 0 aliphatic carbocycles. The van der Waals surface area contributed by atoms with Crippen molar-refractivity contribution in [3.8, 4) is 0 Å². The van der Waals surface area contributed by atoms with Crippen LogP contribution in [0.2, 0.25) is 0 Å². The quantitative estimate of drug-likeness (QED) is 0.737. The number of benzene rings is 1. The summed E-state index contributed by atoms with van der Waals surface area (Å²) in [6.07, 6.45) is 5.00. The Balaban J connectivity index is 2.12. The molecular formula is C15H16FNO. The second-order valence-corrected chi connectivity index (χ2v) is 4.34. The van der Waals surface area contributed by atoms with E-state index in [2.05, 4.69) is 0 Å². The second kappa shape index (κ2) is 5.63. The van der Waals surface area contributed by atoms with Crippen LogP contribution in [0.5, 0.6) is 0 Å². The standard InChI is InChI=1S/C15H16FNO/c1-2-5-15(18)13-8-9-17(11-13)10-12-6-3-4-7-14(12)16/h3-4,6-9,11H,2,5,10H2,1H3. The summed E-state index contributed by atoms with van der Waals surface area (Å²) in [6, 6.07) is 8.47. The lowest BCUT2D eigenvalue weighted by molar-refractivity contribution is 0.0981. The molecule has 0 bridgehead atoms. The Labute approximate surface area is 106 Å². The molecule has 0 unspecified atom stereocenters. The van der Waals surface area contributed by atoms with Gasteiger partial charge in [0.2, 0.25) is 0 Å². The highest BCUT2D eigenvalue weighted by atomic mass is 19.1. The molecule has 94 valence electrons. The molecule has 0 aliphatic rings. The van der Waals surface area contributed by atoms with Gasteiger partial charge in [0, 0.05) is 36.5 Å². The van der Waals surface area contributed by atoms with Gasteiger partial charge >= 0.3 is 0 Å². The van der Waals surface area contributed by atoms with E-state index in [1.54, 1.807) is 24.4 Å². The summed E-state index contributed by atoms with van der Waals surface area (Å²) in [6.45, 7) is 2.43. The van der Waals surface area contributed by atoms with Crippen molar-refractivity contribution in [3.05, 3.63) is 59.7 Å². The van der Waals surface area contributed by atoms with E-state index < -0.39 is 0 Å². The SMILES string of the molecule is CCCC(=O)c1ccn(Cc2ccccc2F)c1. The van der Waals surface area contributed by atoms with E-state index >= 15 is 0 Å². The molecule has 2 rings (SSSR count). The maximum absolute atomic E-state index is 13.5. The Morgan fingerprint density at radius 3 is 2.78 bits per heavy atom. The molecule has 0 N–H and O–H groups in total. The molecule has 1 aromatic carbocycles. The molecule has 0 radical (unpaired) electrons. The number of rotatable bonds is 5. The molecule has 0 fully saturated rings. The molecule has 0 amide bonds. The van der Waals surface area contributed by atoms with Crippen LogP contribution in [-0.4, -0.2) is 10.4 Å². The monoisotopic (exact) mass is 245 g/mol. The van der Waals surface area contributed by atoms with Gasteiger partial charge in [-0.1, -0.05) is 25.1 Å². The average molecular weight is 245 g/mol. The van der Waals surface area contributed by atoms with Gasteiger partial charge in [0.05, 0.1) is 0 Å². The molecule has 18 heavy (non-hydrogen) atoms. The van der Waals surface area contributed by atoms with E-state index in [4.69, 9.17) is 0 Å². The third-order valence-electron chi connectivity index (χ3n) is 2.86. The maximum atomic E-state index is 13.5. The number of Topliss-reactive ketones (excluding diaryl/α,β-unsaturated/α-hetero) is 1. The number of nitrogens with zero attached hydrogens (tertiary/aromatic N) is 1. The predicted molar refractivity (Wildman–Crippen MR) is 69.2 cm³/mol. The summed E-state index contributed by atoms with van der Waals surface area (Å²) in [5.74, 6) is -0.0718. The van der Waals surface area contributed by atoms with E-state index in [1.807, 2.05) is 23.8 Å². The van der Waals surface area contributed by atoms with Crippen LogP contribution in [0.25, 0.3) is 0 Å². The second-order valence-electron chi connectivity index (χ2n) is 4.34. The van der Waals surface area contributed by atoms with E-state index in [-0.39, 0.29) is 11.6 Å². The predicted octanol–water partition coefficient (Wildman–Crippen LogP) is 3.66. The lowest BCUT2D eigenvalue weighted by Crippen LogP contribution is -2.00. The van der Waals surface area contributed by atoms with Gasteiger partial charge in [-0.3, -0.25) is 4.79 Å². The smallest absolute Gasteiger partial charge is 0.164 e. The topological polar surface area (TPSA) is 22.0 Å². The van der Waals surface area contributed by atoms with Crippen LogP contribution >= 0.6 is 0 Å². The van der Waals surface area contributed by atoms with Crippen molar-refractivity contribution in [2.24, 2.45) is 0 Å². The minimum atomic E-state index is -0.215. The van der Waals surface area contributed by atoms with Crippen molar-refractivity contribution in [1.82, 2.24) is 4.57 Å². The van der Waals surface area contributed by atoms with Gasteiger partial charge in [0.25, 0.3) is 0 Å². The fourth-order valence-electron chi connectivity index (χ4n) is 1.90. The minimum Gasteiger partial charge on any atom is -0.349 e. The molecule has 3 heteroatoms. The van der Waals surface area contributed by atoms with Crippen LogP contribution in [0.15, 0.2) is 42.7 Å². The van der Waals surface area contributed by atoms with E-state index in [1.165, 1.54) is 6.07 Å². The molecule has 2 nitrogen and oxygen atoms in total. The summed E-state index contributed by atoms with van der Waals surface area (Å²) in [5, 5.41) is 0. The third-order valence-corrected chi connectivity index (χ3v) is 2.86. The third kappa shape index (κ3) is 2.86. The van der Waals surface area contributed by atoms with Crippen LogP contribution < -0.4 is 0 Å².